The second-order valence-corrected chi connectivity index (χ2v) is 5.82. The molecule has 0 fully saturated rings. The summed E-state index contributed by atoms with van der Waals surface area (Å²) in [7, 11) is 0. The quantitative estimate of drug-likeness (QED) is 0.683. The first-order valence-corrected chi connectivity index (χ1v) is 8.03. The zero-order valence-electron chi connectivity index (χ0n) is 11.9. The van der Waals surface area contributed by atoms with Gasteiger partial charge in [-0.2, -0.15) is 11.8 Å². The predicted octanol–water partition coefficient (Wildman–Crippen LogP) is 2.46. The molecule has 1 amide bonds. The normalized spacial score (nSPS) is 10.4. The van der Waals surface area contributed by atoms with Gasteiger partial charge < -0.3 is 10.6 Å². The van der Waals surface area contributed by atoms with Crippen LogP contribution in [-0.4, -0.2) is 37.0 Å². The molecule has 19 heavy (non-hydrogen) atoms. The largest absolute Gasteiger partial charge is 0.351 e. The maximum Gasteiger partial charge on any atom is 0.251 e. The van der Waals surface area contributed by atoms with Crippen LogP contribution in [-0.2, 0) is 0 Å². The van der Waals surface area contributed by atoms with Gasteiger partial charge in [-0.15, -0.1) is 0 Å². The number of hydrogen-bond donors (Lipinski definition) is 2. The molecule has 0 unspecified atom stereocenters. The van der Waals surface area contributed by atoms with E-state index in [2.05, 4.69) is 17.6 Å². The summed E-state index contributed by atoms with van der Waals surface area (Å²) in [5, 5.41) is 6.25. The maximum absolute atomic E-state index is 11.8. The van der Waals surface area contributed by atoms with Gasteiger partial charge in [-0.3, -0.25) is 4.79 Å². The number of rotatable bonds is 9. The average Bonchev–Trinajstić information content (AvgIpc) is 2.42. The van der Waals surface area contributed by atoms with E-state index in [1.165, 1.54) is 23.5 Å². The monoisotopic (exact) mass is 280 g/mol. The van der Waals surface area contributed by atoms with Crippen LogP contribution in [0, 0.1) is 6.92 Å². The van der Waals surface area contributed by atoms with Gasteiger partial charge in [0.05, 0.1) is 0 Å². The predicted molar refractivity (Wildman–Crippen MR) is 84.0 cm³/mol. The van der Waals surface area contributed by atoms with Gasteiger partial charge >= 0.3 is 0 Å². The number of carbonyl (C=O) groups excluding carboxylic acids is 1. The summed E-state index contributed by atoms with van der Waals surface area (Å²) < 4.78 is 0. The van der Waals surface area contributed by atoms with Crippen molar-refractivity contribution in [3.8, 4) is 0 Å². The van der Waals surface area contributed by atoms with E-state index in [1.54, 1.807) is 0 Å². The van der Waals surface area contributed by atoms with Crippen LogP contribution < -0.4 is 10.6 Å². The lowest BCUT2D eigenvalue weighted by molar-refractivity contribution is 0.0954. The van der Waals surface area contributed by atoms with E-state index >= 15 is 0 Å². The number of nitrogens with one attached hydrogen (secondary N) is 2. The molecule has 1 aromatic carbocycles. The van der Waals surface area contributed by atoms with Crippen molar-refractivity contribution in [2.75, 3.05) is 31.1 Å². The van der Waals surface area contributed by atoms with Crippen molar-refractivity contribution in [1.82, 2.24) is 10.6 Å². The van der Waals surface area contributed by atoms with Gasteiger partial charge in [0.15, 0.2) is 0 Å². The summed E-state index contributed by atoms with van der Waals surface area (Å²) in [5.74, 6) is 2.40. The molecule has 0 bridgehead atoms. The van der Waals surface area contributed by atoms with E-state index in [0.29, 0.717) is 6.54 Å². The molecule has 0 saturated carbocycles. The van der Waals surface area contributed by atoms with Crippen LogP contribution in [0.15, 0.2) is 24.3 Å². The molecular formula is C15H24N2OS. The first-order valence-electron chi connectivity index (χ1n) is 6.87. The average molecular weight is 280 g/mol. The molecule has 4 heteroatoms. The zero-order chi connectivity index (χ0) is 13.9. The minimum atomic E-state index is 0.00309. The summed E-state index contributed by atoms with van der Waals surface area (Å²) in [6.07, 6.45) is 1.18. The lowest BCUT2D eigenvalue weighted by atomic mass is 10.1. The molecule has 0 atom stereocenters. The minimum Gasteiger partial charge on any atom is -0.351 e. The molecule has 3 nitrogen and oxygen atoms in total. The number of thioether (sulfide) groups is 1. The highest BCUT2D eigenvalue weighted by molar-refractivity contribution is 7.99. The Bertz CT molecular complexity index is 365. The molecule has 2 N–H and O–H groups in total. The maximum atomic E-state index is 11.8. The van der Waals surface area contributed by atoms with Crippen molar-refractivity contribution in [3.63, 3.8) is 0 Å². The molecule has 0 heterocycles. The lowest BCUT2D eigenvalue weighted by Crippen LogP contribution is -2.32. The van der Waals surface area contributed by atoms with Crippen molar-refractivity contribution >= 4 is 17.7 Å². The van der Waals surface area contributed by atoms with E-state index in [1.807, 2.05) is 43.0 Å². The van der Waals surface area contributed by atoms with Gasteiger partial charge in [0.2, 0.25) is 0 Å². The molecular weight excluding hydrogens is 256 g/mol. The lowest BCUT2D eigenvalue weighted by Gasteiger charge is -2.07. The first kappa shape index (κ1) is 16.1. The van der Waals surface area contributed by atoms with E-state index in [-0.39, 0.29) is 5.91 Å². The highest BCUT2D eigenvalue weighted by Gasteiger charge is 2.03. The van der Waals surface area contributed by atoms with Gasteiger partial charge in [0.25, 0.3) is 5.91 Å². The van der Waals surface area contributed by atoms with Crippen LogP contribution in [0.25, 0.3) is 0 Å². The number of aryl methyl sites for hydroxylation is 1. The Hall–Kier alpha value is -1.00. The molecule has 0 aromatic heterocycles. The van der Waals surface area contributed by atoms with Crippen LogP contribution in [0.1, 0.15) is 29.3 Å². The standard InChI is InChI=1S/C15H24N2OS/c1-3-19-12-4-9-16-10-11-17-15(18)14-7-5-13(2)6-8-14/h5-8,16H,3-4,9-12H2,1-2H3,(H,17,18). The second kappa shape index (κ2) is 9.87. The van der Waals surface area contributed by atoms with Gasteiger partial charge in [-0.25, -0.2) is 0 Å². The van der Waals surface area contributed by atoms with Gasteiger partial charge in [0.1, 0.15) is 0 Å². The minimum absolute atomic E-state index is 0.00309. The van der Waals surface area contributed by atoms with Crippen molar-refractivity contribution in [2.45, 2.75) is 20.3 Å². The molecule has 106 valence electrons. The fraction of sp³-hybridized carbons (Fsp3) is 0.533. The zero-order valence-corrected chi connectivity index (χ0v) is 12.7. The number of hydrogen-bond acceptors (Lipinski definition) is 3. The summed E-state index contributed by atoms with van der Waals surface area (Å²) >= 11 is 1.97. The van der Waals surface area contributed by atoms with Crippen LogP contribution in [0.5, 0.6) is 0 Å². The molecule has 1 aromatic rings. The third-order valence-corrected chi connectivity index (χ3v) is 3.73. The summed E-state index contributed by atoms with van der Waals surface area (Å²) in [6.45, 7) is 6.72. The van der Waals surface area contributed by atoms with Crippen molar-refractivity contribution < 1.29 is 4.79 Å². The van der Waals surface area contributed by atoms with Gasteiger partial charge in [-0.1, -0.05) is 24.6 Å². The van der Waals surface area contributed by atoms with Crippen molar-refractivity contribution in [3.05, 3.63) is 35.4 Å². The van der Waals surface area contributed by atoms with Crippen LogP contribution in [0.4, 0.5) is 0 Å². The smallest absolute Gasteiger partial charge is 0.251 e. The van der Waals surface area contributed by atoms with Gasteiger partial charge in [0, 0.05) is 18.7 Å². The fourth-order valence-electron chi connectivity index (χ4n) is 1.64. The van der Waals surface area contributed by atoms with Crippen molar-refractivity contribution in [2.24, 2.45) is 0 Å². The number of benzene rings is 1. The third kappa shape index (κ3) is 7.23. The number of amides is 1. The third-order valence-electron chi connectivity index (χ3n) is 2.75. The van der Waals surface area contributed by atoms with Crippen LogP contribution >= 0.6 is 11.8 Å². The van der Waals surface area contributed by atoms with E-state index in [9.17, 15) is 4.79 Å². The fourth-order valence-corrected chi connectivity index (χ4v) is 2.28. The van der Waals surface area contributed by atoms with E-state index < -0.39 is 0 Å². The Morgan fingerprint density at radius 1 is 1.16 bits per heavy atom. The van der Waals surface area contributed by atoms with Gasteiger partial charge in [-0.05, 0) is 43.5 Å². The molecule has 1 rings (SSSR count). The molecule has 0 radical (unpaired) electrons. The topological polar surface area (TPSA) is 41.1 Å². The van der Waals surface area contributed by atoms with E-state index in [0.717, 1.165) is 18.7 Å². The SMILES string of the molecule is CCSCCCNCCNC(=O)c1ccc(C)cc1. The van der Waals surface area contributed by atoms with Crippen LogP contribution in [0.2, 0.25) is 0 Å². The van der Waals surface area contributed by atoms with E-state index in [4.69, 9.17) is 0 Å². The highest BCUT2D eigenvalue weighted by atomic mass is 32.2. The highest BCUT2D eigenvalue weighted by Crippen LogP contribution is 2.02. The van der Waals surface area contributed by atoms with Crippen molar-refractivity contribution in [1.29, 1.82) is 0 Å². The summed E-state index contributed by atoms with van der Waals surface area (Å²) in [4.78, 5) is 11.8. The molecule has 0 saturated heterocycles. The second-order valence-electron chi connectivity index (χ2n) is 4.42. The van der Waals surface area contributed by atoms with Crippen LogP contribution in [0.3, 0.4) is 0 Å². The summed E-state index contributed by atoms with van der Waals surface area (Å²) in [6, 6.07) is 7.64. The Balaban J connectivity index is 2.06. The Morgan fingerprint density at radius 3 is 2.58 bits per heavy atom. The Labute approximate surface area is 120 Å². The molecule has 0 aliphatic rings. The molecule has 0 spiro atoms. The number of carbonyl (C=O) groups is 1. The first-order chi connectivity index (χ1) is 9.24. The Kier molecular flexibility index (Phi) is 8.34. The Morgan fingerprint density at radius 2 is 1.89 bits per heavy atom. The summed E-state index contributed by atoms with van der Waals surface area (Å²) in [5.41, 5.74) is 1.90. The molecule has 0 aliphatic carbocycles. The molecule has 0 aliphatic heterocycles.